The number of amides is 1. The lowest BCUT2D eigenvalue weighted by atomic mass is 10.4. The Morgan fingerprint density at radius 2 is 2.42 bits per heavy atom. The molecule has 0 saturated carbocycles. The number of hydrogen-bond donors (Lipinski definition) is 3. The molecule has 0 aromatic carbocycles. The number of H-pyrrole nitrogens is 2. The molecule has 1 heterocycles. The molecule has 12 heavy (non-hydrogen) atoms. The zero-order valence-electron chi connectivity index (χ0n) is 6.68. The lowest BCUT2D eigenvalue weighted by Gasteiger charge is -1.96. The van der Waals surface area contributed by atoms with Crippen LogP contribution in [0.5, 0.6) is 0 Å². The highest BCUT2D eigenvalue weighted by Crippen LogP contribution is 1.81. The predicted molar refractivity (Wildman–Crippen MR) is 41.6 cm³/mol. The first-order chi connectivity index (χ1) is 5.68. The Kier molecular flexibility index (Phi) is 2.62. The van der Waals surface area contributed by atoms with Gasteiger partial charge in [-0.15, -0.1) is 0 Å². The van der Waals surface area contributed by atoms with Gasteiger partial charge in [0.15, 0.2) is 0 Å². The average molecular weight is 170 g/mol. The van der Waals surface area contributed by atoms with Crippen LogP contribution in [0.2, 0.25) is 0 Å². The van der Waals surface area contributed by atoms with Gasteiger partial charge in [0.25, 0.3) is 0 Å². The van der Waals surface area contributed by atoms with E-state index in [-0.39, 0.29) is 11.6 Å². The minimum atomic E-state index is -0.326. The SMILES string of the molecule is CC(=O)NCCc1n[nH]c(=O)[nH]1. The van der Waals surface area contributed by atoms with Crippen molar-refractivity contribution in [1.82, 2.24) is 20.5 Å². The Morgan fingerprint density at radius 3 is 2.92 bits per heavy atom. The molecule has 66 valence electrons. The minimum absolute atomic E-state index is 0.0899. The molecule has 1 amide bonds. The highest BCUT2D eigenvalue weighted by Gasteiger charge is 1.97. The molecular weight excluding hydrogens is 160 g/mol. The molecule has 0 spiro atoms. The Hall–Kier alpha value is -1.59. The lowest BCUT2D eigenvalue weighted by molar-refractivity contribution is -0.118. The highest BCUT2D eigenvalue weighted by atomic mass is 16.1. The van der Waals surface area contributed by atoms with Gasteiger partial charge in [-0.2, -0.15) is 5.10 Å². The van der Waals surface area contributed by atoms with Crippen molar-refractivity contribution in [2.75, 3.05) is 6.54 Å². The number of hydrogen-bond acceptors (Lipinski definition) is 3. The van der Waals surface area contributed by atoms with Crippen LogP contribution in [0.1, 0.15) is 12.7 Å². The van der Waals surface area contributed by atoms with Gasteiger partial charge in [-0.25, -0.2) is 9.89 Å². The second kappa shape index (κ2) is 3.70. The fourth-order valence-corrected chi connectivity index (χ4v) is 0.781. The standard InChI is InChI=1S/C6H10N4O2/c1-4(11)7-3-2-5-8-6(12)10-9-5/h2-3H2,1H3,(H,7,11)(H2,8,9,10,12). The first kappa shape index (κ1) is 8.51. The number of aromatic nitrogens is 3. The molecule has 0 aliphatic carbocycles. The van der Waals surface area contributed by atoms with E-state index in [4.69, 9.17) is 0 Å². The molecule has 0 unspecified atom stereocenters. The van der Waals surface area contributed by atoms with Gasteiger partial charge in [-0.1, -0.05) is 0 Å². The van der Waals surface area contributed by atoms with Crippen LogP contribution in [-0.4, -0.2) is 27.6 Å². The second-order valence-corrected chi connectivity index (χ2v) is 2.36. The van der Waals surface area contributed by atoms with Gasteiger partial charge >= 0.3 is 5.69 Å². The number of nitrogens with zero attached hydrogens (tertiary/aromatic N) is 1. The molecule has 0 aliphatic heterocycles. The maximum atomic E-state index is 10.5. The van der Waals surface area contributed by atoms with E-state index in [9.17, 15) is 9.59 Å². The van der Waals surface area contributed by atoms with Crippen molar-refractivity contribution < 1.29 is 4.79 Å². The van der Waals surface area contributed by atoms with Gasteiger partial charge in [0.05, 0.1) is 0 Å². The van der Waals surface area contributed by atoms with Gasteiger partial charge in [-0.3, -0.25) is 9.78 Å². The van der Waals surface area contributed by atoms with E-state index in [1.165, 1.54) is 6.92 Å². The van der Waals surface area contributed by atoms with E-state index in [1.807, 2.05) is 0 Å². The Morgan fingerprint density at radius 1 is 1.67 bits per heavy atom. The predicted octanol–water partition coefficient (Wildman–Crippen LogP) is -1.22. The molecule has 1 aromatic heterocycles. The summed E-state index contributed by atoms with van der Waals surface area (Å²) in [4.78, 5) is 23.4. The van der Waals surface area contributed by atoms with Gasteiger partial charge in [0.1, 0.15) is 5.82 Å². The summed E-state index contributed by atoms with van der Waals surface area (Å²) in [5, 5.41) is 8.49. The van der Waals surface area contributed by atoms with Crippen LogP contribution in [0.15, 0.2) is 4.79 Å². The Balaban J connectivity index is 2.33. The molecule has 0 atom stereocenters. The number of aromatic amines is 2. The summed E-state index contributed by atoms with van der Waals surface area (Å²) in [6, 6.07) is 0. The van der Waals surface area contributed by atoms with Crippen molar-refractivity contribution in [2.24, 2.45) is 0 Å². The molecule has 1 rings (SSSR count). The van der Waals surface area contributed by atoms with Crippen molar-refractivity contribution in [3.8, 4) is 0 Å². The van der Waals surface area contributed by atoms with Crippen molar-refractivity contribution in [3.63, 3.8) is 0 Å². The normalized spacial score (nSPS) is 9.75. The summed E-state index contributed by atoms with van der Waals surface area (Å²) < 4.78 is 0. The van der Waals surface area contributed by atoms with Crippen LogP contribution in [0, 0.1) is 0 Å². The Bertz CT molecular complexity index is 313. The quantitative estimate of drug-likeness (QED) is 0.530. The van der Waals surface area contributed by atoms with E-state index in [1.54, 1.807) is 0 Å². The molecule has 1 aromatic rings. The molecule has 0 radical (unpaired) electrons. The number of rotatable bonds is 3. The molecule has 0 fully saturated rings. The first-order valence-corrected chi connectivity index (χ1v) is 3.56. The molecule has 6 nitrogen and oxygen atoms in total. The summed E-state index contributed by atoms with van der Waals surface area (Å²) in [5.74, 6) is 0.460. The monoisotopic (exact) mass is 170 g/mol. The summed E-state index contributed by atoms with van der Waals surface area (Å²) in [6.45, 7) is 1.92. The summed E-state index contributed by atoms with van der Waals surface area (Å²) in [7, 11) is 0. The van der Waals surface area contributed by atoms with Crippen LogP contribution < -0.4 is 11.0 Å². The maximum Gasteiger partial charge on any atom is 0.340 e. The molecule has 0 bridgehead atoms. The second-order valence-electron chi connectivity index (χ2n) is 2.36. The fraction of sp³-hybridized carbons (Fsp3) is 0.500. The minimum Gasteiger partial charge on any atom is -0.356 e. The van der Waals surface area contributed by atoms with E-state index < -0.39 is 0 Å². The number of carbonyl (C=O) groups excluding carboxylic acids is 1. The third kappa shape index (κ3) is 2.57. The third-order valence-corrected chi connectivity index (χ3v) is 1.29. The van der Waals surface area contributed by atoms with E-state index >= 15 is 0 Å². The van der Waals surface area contributed by atoms with Crippen molar-refractivity contribution in [2.45, 2.75) is 13.3 Å². The van der Waals surface area contributed by atoms with Gasteiger partial charge < -0.3 is 5.32 Å². The molecule has 6 heteroatoms. The van der Waals surface area contributed by atoms with Crippen LogP contribution in [0.25, 0.3) is 0 Å². The molecular formula is C6H10N4O2. The topological polar surface area (TPSA) is 90.6 Å². The lowest BCUT2D eigenvalue weighted by Crippen LogP contribution is -2.22. The highest BCUT2D eigenvalue weighted by molar-refractivity contribution is 5.72. The molecule has 0 saturated heterocycles. The number of carbonyl (C=O) groups is 1. The van der Waals surface area contributed by atoms with Gasteiger partial charge in [-0.05, 0) is 0 Å². The van der Waals surface area contributed by atoms with Gasteiger partial charge in [0, 0.05) is 19.9 Å². The van der Waals surface area contributed by atoms with E-state index in [2.05, 4.69) is 20.5 Å². The third-order valence-electron chi connectivity index (χ3n) is 1.29. The summed E-state index contributed by atoms with van der Waals surface area (Å²) >= 11 is 0. The van der Waals surface area contributed by atoms with Crippen LogP contribution >= 0.6 is 0 Å². The number of nitrogens with one attached hydrogen (secondary N) is 3. The smallest absolute Gasteiger partial charge is 0.340 e. The zero-order valence-corrected chi connectivity index (χ0v) is 6.68. The van der Waals surface area contributed by atoms with Crippen LogP contribution in [0.4, 0.5) is 0 Å². The summed E-state index contributed by atoms with van der Waals surface area (Å²) in [5.41, 5.74) is -0.326. The summed E-state index contributed by atoms with van der Waals surface area (Å²) in [6.07, 6.45) is 0.526. The fourth-order valence-electron chi connectivity index (χ4n) is 0.781. The first-order valence-electron chi connectivity index (χ1n) is 3.56. The van der Waals surface area contributed by atoms with E-state index in [0.717, 1.165) is 0 Å². The largest absolute Gasteiger partial charge is 0.356 e. The molecule has 0 aliphatic rings. The van der Waals surface area contributed by atoms with Crippen LogP contribution in [0.3, 0.4) is 0 Å². The van der Waals surface area contributed by atoms with Gasteiger partial charge in [0.2, 0.25) is 5.91 Å². The average Bonchev–Trinajstić information content (AvgIpc) is 2.35. The van der Waals surface area contributed by atoms with Crippen molar-refractivity contribution >= 4 is 5.91 Å². The van der Waals surface area contributed by atoms with Crippen LogP contribution in [-0.2, 0) is 11.2 Å². The van der Waals surface area contributed by atoms with Crippen molar-refractivity contribution in [3.05, 3.63) is 16.3 Å². The van der Waals surface area contributed by atoms with E-state index in [0.29, 0.717) is 18.8 Å². The maximum absolute atomic E-state index is 10.5. The van der Waals surface area contributed by atoms with Crippen molar-refractivity contribution in [1.29, 1.82) is 0 Å². The Labute approximate surface area is 68.4 Å². The molecule has 3 N–H and O–H groups in total. The zero-order chi connectivity index (χ0) is 8.97.